The summed E-state index contributed by atoms with van der Waals surface area (Å²) in [6.07, 6.45) is 3.77. The van der Waals surface area contributed by atoms with Crippen molar-refractivity contribution in [1.29, 1.82) is 0 Å². The van der Waals surface area contributed by atoms with Crippen molar-refractivity contribution in [3.05, 3.63) is 23.9 Å². The number of amides is 2. The van der Waals surface area contributed by atoms with Crippen molar-refractivity contribution in [2.45, 2.75) is 31.6 Å². The quantitative estimate of drug-likeness (QED) is 0.804. The summed E-state index contributed by atoms with van der Waals surface area (Å²) in [4.78, 5) is 40.5. The summed E-state index contributed by atoms with van der Waals surface area (Å²) in [6.45, 7) is 1.34. The van der Waals surface area contributed by atoms with Gasteiger partial charge in [0.2, 0.25) is 11.8 Å². The normalized spacial score (nSPS) is 22.8. The highest BCUT2D eigenvalue weighted by Crippen LogP contribution is 2.27. The summed E-state index contributed by atoms with van der Waals surface area (Å²) in [5.41, 5.74) is 0.805. The van der Waals surface area contributed by atoms with Crippen molar-refractivity contribution in [2.24, 2.45) is 5.92 Å². The molecule has 0 saturated carbocycles. The van der Waals surface area contributed by atoms with Crippen LogP contribution >= 0.6 is 0 Å². The molecule has 2 amide bonds. The molecule has 122 valence electrons. The first-order valence-electron chi connectivity index (χ1n) is 7.82. The number of carboxylic acids is 1. The van der Waals surface area contributed by atoms with Gasteiger partial charge in [-0.15, -0.1) is 0 Å². The van der Waals surface area contributed by atoms with Crippen LogP contribution in [0.3, 0.4) is 0 Å². The summed E-state index contributed by atoms with van der Waals surface area (Å²) >= 11 is 0. The van der Waals surface area contributed by atoms with Crippen LogP contribution in [-0.2, 0) is 14.4 Å². The van der Waals surface area contributed by atoms with Gasteiger partial charge in [-0.3, -0.25) is 19.7 Å². The number of carbonyl (C=O) groups excluding carboxylic acids is 2. The second-order valence-corrected chi connectivity index (χ2v) is 6.05. The number of pyridine rings is 1. The number of aliphatic carboxylic acids is 1. The van der Waals surface area contributed by atoms with Crippen LogP contribution in [-0.4, -0.2) is 41.0 Å². The highest BCUT2D eigenvalue weighted by atomic mass is 16.4. The largest absolute Gasteiger partial charge is 0.481 e. The molecule has 0 spiro atoms. The van der Waals surface area contributed by atoms with Gasteiger partial charge in [0.15, 0.2) is 0 Å². The molecule has 1 unspecified atom stereocenters. The van der Waals surface area contributed by atoms with E-state index in [0.29, 0.717) is 38.8 Å². The number of rotatable bonds is 3. The van der Waals surface area contributed by atoms with E-state index >= 15 is 0 Å². The molecule has 1 atom stereocenters. The Morgan fingerprint density at radius 1 is 1.22 bits per heavy atom. The Labute approximate surface area is 133 Å². The lowest BCUT2D eigenvalue weighted by atomic mass is 9.91. The van der Waals surface area contributed by atoms with Gasteiger partial charge in [-0.2, -0.15) is 0 Å². The maximum Gasteiger partial charge on any atom is 0.306 e. The molecule has 7 nitrogen and oxygen atoms in total. The van der Waals surface area contributed by atoms with Crippen LogP contribution in [0.4, 0.5) is 5.82 Å². The highest BCUT2D eigenvalue weighted by molar-refractivity contribution is 6.00. The zero-order valence-electron chi connectivity index (χ0n) is 12.7. The van der Waals surface area contributed by atoms with Gasteiger partial charge in [-0.1, -0.05) is 6.07 Å². The Balaban J connectivity index is 1.65. The highest BCUT2D eigenvalue weighted by Gasteiger charge is 2.29. The SMILES string of the molecule is O=C1CCC(c2ccc(N3CCC(C(=O)O)CC3)nc2)C(=O)N1. The average molecular weight is 317 g/mol. The first-order valence-corrected chi connectivity index (χ1v) is 7.82. The number of aromatic nitrogens is 1. The van der Waals surface area contributed by atoms with Crippen molar-refractivity contribution in [2.75, 3.05) is 18.0 Å². The molecule has 2 aliphatic rings. The van der Waals surface area contributed by atoms with Gasteiger partial charge in [-0.25, -0.2) is 4.98 Å². The van der Waals surface area contributed by atoms with Gasteiger partial charge in [0, 0.05) is 25.7 Å². The molecule has 1 aromatic rings. The third kappa shape index (κ3) is 3.33. The van der Waals surface area contributed by atoms with E-state index in [1.807, 2.05) is 12.1 Å². The van der Waals surface area contributed by atoms with E-state index in [1.165, 1.54) is 0 Å². The van der Waals surface area contributed by atoms with Crippen LogP contribution in [0.15, 0.2) is 18.3 Å². The summed E-state index contributed by atoms with van der Waals surface area (Å²) in [7, 11) is 0. The third-order valence-corrected chi connectivity index (χ3v) is 4.58. The molecule has 3 rings (SSSR count). The predicted octanol–water partition coefficient (Wildman–Crippen LogP) is 0.903. The Bertz CT molecular complexity index is 621. The monoisotopic (exact) mass is 317 g/mol. The molecule has 0 bridgehead atoms. The fourth-order valence-corrected chi connectivity index (χ4v) is 3.16. The molecule has 23 heavy (non-hydrogen) atoms. The Morgan fingerprint density at radius 2 is 1.96 bits per heavy atom. The van der Waals surface area contributed by atoms with Crippen molar-refractivity contribution in [1.82, 2.24) is 10.3 Å². The van der Waals surface area contributed by atoms with Crippen molar-refractivity contribution in [3.8, 4) is 0 Å². The minimum absolute atomic E-state index is 0.225. The van der Waals surface area contributed by atoms with Gasteiger partial charge < -0.3 is 10.0 Å². The zero-order chi connectivity index (χ0) is 16.4. The van der Waals surface area contributed by atoms with Crippen LogP contribution in [0.25, 0.3) is 0 Å². The fourth-order valence-electron chi connectivity index (χ4n) is 3.16. The zero-order valence-corrected chi connectivity index (χ0v) is 12.7. The molecule has 2 aliphatic heterocycles. The molecule has 1 aromatic heterocycles. The van der Waals surface area contributed by atoms with E-state index in [0.717, 1.165) is 11.4 Å². The smallest absolute Gasteiger partial charge is 0.306 e. The maximum absolute atomic E-state index is 11.9. The first-order chi connectivity index (χ1) is 11.0. The summed E-state index contributed by atoms with van der Waals surface area (Å²) < 4.78 is 0. The average Bonchev–Trinajstić information content (AvgIpc) is 2.55. The number of hydrogen-bond donors (Lipinski definition) is 2. The van der Waals surface area contributed by atoms with E-state index in [4.69, 9.17) is 5.11 Å². The Kier molecular flexibility index (Phi) is 4.27. The van der Waals surface area contributed by atoms with Gasteiger partial charge >= 0.3 is 5.97 Å². The van der Waals surface area contributed by atoms with Gasteiger partial charge in [0.05, 0.1) is 11.8 Å². The number of hydrogen-bond acceptors (Lipinski definition) is 5. The van der Waals surface area contributed by atoms with Gasteiger partial charge in [0.1, 0.15) is 5.82 Å². The lowest BCUT2D eigenvalue weighted by Crippen LogP contribution is -2.39. The summed E-state index contributed by atoms with van der Waals surface area (Å²) in [6, 6.07) is 3.73. The second kappa shape index (κ2) is 6.36. The molecule has 0 aromatic carbocycles. The Morgan fingerprint density at radius 3 is 2.52 bits per heavy atom. The number of carbonyl (C=O) groups is 3. The standard InChI is InChI=1S/C16H19N3O4/c20-14-4-2-12(15(21)18-14)11-1-3-13(17-9-11)19-7-5-10(6-8-19)16(22)23/h1,3,9-10,12H,2,4-8H2,(H,22,23)(H,18,20,21). The van der Waals surface area contributed by atoms with Gasteiger partial charge in [0.25, 0.3) is 0 Å². The van der Waals surface area contributed by atoms with Crippen molar-refractivity contribution < 1.29 is 19.5 Å². The molecule has 0 aliphatic carbocycles. The van der Waals surface area contributed by atoms with Crippen molar-refractivity contribution >= 4 is 23.6 Å². The van der Waals surface area contributed by atoms with E-state index < -0.39 is 5.97 Å². The minimum atomic E-state index is -0.731. The first kappa shape index (κ1) is 15.5. The molecular weight excluding hydrogens is 298 g/mol. The number of carboxylic acid groups (broad SMARTS) is 1. The van der Waals surface area contributed by atoms with Crippen LogP contribution in [0.1, 0.15) is 37.2 Å². The molecule has 7 heteroatoms. The number of nitrogens with zero attached hydrogens (tertiary/aromatic N) is 2. The van der Waals surface area contributed by atoms with E-state index in [9.17, 15) is 14.4 Å². The summed E-state index contributed by atoms with van der Waals surface area (Å²) in [5.74, 6) is -1.02. The van der Waals surface area contributed by atoms with E-state index in [-0.39, 0.29) is 23.7 Å². The third-order valence-electron chi connectivity index (χ3n) is 4.58. The molecule has 2 fully saturated rings. The molecular formula is C16H19N3O4. The van der Waals surface area contributed by atoms with Crippen LogP contribution < -0.4 is 10.2 Å². The lowest BCUT2D eigenvalue weighted by molar-refractivity contribution is -0.142. The van der Waals surface area contributed by atoms with Crippen LogP contribution in [0.2, 0.25) is 0 Å². The van der Waals surface area contributed by atoms with E-state index in [1.54, 1.807) is 6.20 Å². The van der Waals surface area contributed by atoms with E-state index in [2.05, 4.69) is 15.2 Å². The Hall–Kier alpha value is -2.44. The predicted molar refractivity (Wildman–Crippen MR) is 81.9 cm³/mol. The molecule has 2 saturated heterocycles. The molecule has 3 heterocycles. The molecule has 0 radical (unpaired) electrons. The number of piperidine rings is 2. The summed E-state index contributed by atoms with van der Waals surface area (Å²) in [5, 5.41) is 11.4. The maximum atomic E-state index is 11.9. The minimum Gasteiger partial charge on any atom is -0.481 e. The molecule has 2 N–H and O–H groups in total. The number of imide groups is 1. The van der Waals surface area contributed by atoms with Gasteiger partial charge in [-0.05, 0) is 30.9 Å². The number of anilines is 1. The number of nitrogens with one attached hydrogen (secondary N) is 1. The fraction of sp³-hybridized carbons (Fsp3) is 0.500. The lowest BCUT2D eigenvalue weighted by Gasteiger charge is -2.31. The van der Waals surface area contributed by atoms with Crippen LogP contribution in [0, 0.1) is 5.92 Å². The van der Waals surface area contributed by atoms with Crippen LogP contribution in [0.5, 0.6) is 0 Å². The second-order valence-electron chi connectivity index (χ2n) is 6.05. The topological polar surface area (TPSA) is 99.6 Å². The van der Waals surface area contributed by atoms with Crippen molar-refractivity contribution in [3.63, 3.8) is 0 Å².